The third kappa shape index (κ3) is 3.67. The highest BCUT2D eigenvalue weighted by molar-refractivity contribution is 5.41. The van der Waals surface area contributed by atoms with Crippen molar-refractivity contribution in [3.05, 3.63) is 71.5 Å². The number of rotatable bonds is 6. The van der Waals surface area contributed by atoms with Crippen molar-refractivity contribution < 1.29 is 9.84 Å². The van der Waals surface area contributed by atoms with Gasteiger partial charge in [0.05, 0.1) is 19.0 Å². The van der Waals surface area contributed by atoms with Crippen LogP contribution in [0.3, 0.4) is 0 Å². The first-order valence-corrected chi connectivity index (χ1v) is 8.29. The number of phenolic OH excluding ortho intramolecular Hbond substituents is 1. The summed E-state index contributed by atoms with van der Waals surface area (Å²) in [7, 11) is 1.54. The summed E-state index contributed by atoms with van der Waals surface area (Å²) >= 11 is 0. The lowest BCUT2D eigenvalue weighted by molar-refractivity contribution is 0.373. The zero-order valence-electron chi connectivity index (χ0n) is 14.7. The number of methoxy groups -OCH3 is 1. The molecule has 0 aliphatic rings. The minimum Gasteiger partial charge on any atom is -0.504 e. The summed E-state index contributed by atoms with van der Waals surface area (Å²) in [6.07, 6.45) is 1.91. The third-order valence-corrected chi connectivity index (χ3v) is 4.37. The Bertz CT molecular complexity index is 843. The quantitative estimate of drug-likeness (QED) is 0.719. The molecule has 0 amide bonds. The van der Waals surface area contributed by atoms with Crippen molar-refractivity contribution in [3.63, 3.8) is 0 Å². The van der Waals surface area contributed by atoms with Crippen molar-refractivity contribution in [1.82, 2.24) is 15.1 Å². The normalized spacial score (nSPS) is 12.1. The first-order chi connectivity index (χ1) is 12.1. The van der Waals surface area contributed by atoms with E-state index in [4.69, 9.17) is 4.74 Å². The number of hydrogen-bond acceptors (Lipinski definition) is 4. The summed E-state index contributed by atoms with van der Waals surface area (Å²) in [5.74, 6) is 0.638. The second-order valence-corrected chi connectivity index (χ2v) is 6.04. The summed E-state index contributed by atoms with van der Waals surface area (Å²) in [6, 6.07) is 15.7. The molecule has 0 bridgehead atoms. The smallest absolute Gasteiger partial charge is 0.160 e. The van der Waals surface area contributed by atoms with Gasteiger partial charge in [0.1, 0.15) is 0 Å². The van der Waals surface area contributed by atoms with Crippen molar-refractivity contribution in [2.45, 2.75) is 26.4 Å². The Morgan fingerprint density at radius 3 is 2.64 bits per heavy atom. The summed E-state index contributed by atoms with van der Waals surface area (Å²) in [5.41, 5.74) is 4.32. The monoisotopic (exact) mass is 337 g/mol. The highest BCUT2D eigenvalue weighted by Gasteiger charge is 2.14. The maximum atomic E-state index is 9.88. The van der Waals surface area contributed by atoms with Gasteiger partial charge in [-0.1, -0.05) is 24.3 Å². The van der Waals surface area contributed by atoms with Crippen LogP contribution in [0.2, 0.25) is 0 Å². The predicted molar refractivity (Wildman–Crippen MR) is 98.2 cm³/mol. The lowest BCUT2D eigenvalue weighted by Crippen LogP contribution is -2.18. The number of nitrogens with zero attached hydrogens (tertiary/aromatic N) is 2. The average Bonchev–Trinajstić information content (AvgIpc) is 3.02. The molecule has 5 heteroatoms. The van der Waals surface area contributed by atoms with Crippen LogP contribution < -0.4 is 10.1 Å². The van der Waals surface area contributed by atoms with Crippen LogP contribution in [0.1, 0.15) is 29.8 Å². The van der Waals surface area contributed by atoms with Gasteiger partial charge in [-0.3, -0.25) is 0 Å². The van der Waals surface area contributed by atoms with E-state index < -0.39 is 0 Å². The Morgan fingerprint density at radius 1 is 1.20 bits per heavy atom. The van der Waals surface area contributed by atoms with E-state index in [2.05, 4.69) is 24.3 Å². The lowest BCUT2D eigenvalue weighted by Gasteiger charge is -2.15. The Morgan fingerprint density at radius 2 is 1.96 bits per heavy atom. The summed E-state index contributed by atoms with van der Waals surface area (Å²) < 4.78 is 7.03. The molecule has 1 atom stereocenters. The van der Waals surface area contributed by atoms with E-state index in [1.165, 1.54) is 0 Å². The van der Waals surface area contributed by atoms with Crippen molar-refractivity contribution in [2.75, 3.05) is 7.11 Å². The molecule has 25 heavy (non-hydrogen) atoms. The molecule has 0 radical (unpaired) electrons. The standard InChI is InChI=1S/C20H23N3O2/c1-14(21-12-16-9-10-20(25-3)19(24)11-16)18-13-22-23(15(18)2)17-7-5-4-6-8-17/h4-11,13-14,21,24H,12H2,1-3H3. The number of hydrogen-bond donors (Lipinski definition) is 2. The number of phenols is 1. The van der Waals surface area contributed by atoms with Gasteiger partial charge in [-0.2, -0.15) is 5.10 Å². The molecular formula is C20H23N3O2. The van der Waals surface area contributed by atoms with Crippen LogP contribution in [0, 0.1) is 6.92 Å². The molecule has 0 saturated carbocycles. The number of ether oxygens (including phenoxy) is 1. The van der Waals surface area contributed by atoms with Crippen molar-refractivity contribution in [1.29, 1.82) is 0 Å². The Hall–Kier alpha value is -2.79. The van der Waals surface area contributed by atoms with Crippen LogP contribution in [0.5, 0.6) is 11.5 Å². The summed E-state index contributed by atoms with van der Waals surface area (Å²) in [4.78, 5) is 0. The zero-order valence-corrected chi connectivity index (χ0v) is 14.7. The van der Waals surface area contributed by atoms with Crippen LogP contribution in [0.4, 0.5) is 0 Å². The van der Waals surface area contributed by atoms with Crippen molar-refractivity contribution in [3.8, 4) is 17.2 Å². The third-order valence-electron chi connectivity index (χ3n) is 4.37. The van der Waals surface area contributed by atoms with Crippen molar-refractivity contribution >= 4 is 0 Å². The van der Waals surface area contributed by atoms with Gasteiger partial charge in [-0.05, 0) is 43.7 Å². The van der Waals surface area contributed by atoms with E-state index >= 15 is 0 Å². The number of nitrogens with one attached hydrogen (secondary N) is 1. The van der Waals surface area contributed by atoms with Crippen LogP contribution >= 0.6 is 0 Å². The minimum absolute atomic E-state index is 0.140. The Labute approximate surface area is 147 Å². The molecule has 0 aliphatic carbocycles. The maximum Gasteiger partial charge on any atom is 0.160 e. The summed E-state index contributed by atoms with van der Waals surface area (Å²) in [6.45, 7) is 4.84. The second kappa shape index (κ2) is 7.40. The van der Waals surface area contributed by atoms with E-state index in [1.807, 2.05) is 47.3 Å². The number of aromatic nitrogens is 2. The minimum atomic E-state index is 0.140. The van der Waals surface area contributed by atoms with Gasteiger partial charge in [-0.25, -0.2) is 4.68 Å². The molecule has 0 spiro atoms. The first-order valence-electron chi connectivity index (χ1n) is 8.29. The number of aromatic hydroxyl groups is 1. The Balaban J connectivity index is 1.71. The largest absolute Gasteiger partial charge is 0.504 e. The molecule has 3 aromatic rings. The van der Waals surface area contributed by atoms with Gasteiger partial charge in [0.25, 0.3) is 0 Å². The van der Waals surface area contributed by atoms with Gasteiger partial charge in [-0.15, -0.1) is 0 Å². The fraction of sp³-hybridized carbons (Fsp3) is 0.250. The van der Waals surface area contributed by atoms with Crippen LogP contribution in [-0.4, -0.2) is 22.0 Å². The molecule has 5 nitrogen and oxygen atoms in total. The fourth-order valence-corrected chi connectivity index (χ4v) is 2.90. The molecule has 1 heterocycles. The SMILES string of the molecule is COc1ccc(CNC(C)c2cnn(-c3ccccc3)c2C)cc1O. The molecule has 2 N–H and O–H groups in total. The van der Waals surface area contributed by atoms with E-state index in [0.29, 0.717) is 12.3 Å². The Kier molecular flexibility index (Phi) is 5.05. The van der Waals surface area contributed by atoms with E-state index in [9.17, 15) is 5.11 Å². The molecule has 130 valence electrons. The van der Waals surface area contributed by atoms with Gasteiger partial charge in [0.15, 0.2) is 11.5 Å². The van der Waals surface area contributed by atoms with Crippen LogP contribution in [0.25, 0.3) is 5.69 Å². The molecule has 3 rings (SSSR count). The predicted octanol–water partition coefficient (Wildman–Crippen LogP) is 3.75. The van der Waals surface area contributed by atoms with Crippen LogP contribution in [0.15, 0.2) is 54.7 Å². The molecule has 1 aromatic heterocycles. The molecule has 2 aromatic carbocycles. The molecular weight excluding hydrogens is 314 g/mol. The fourth-order valence-electron chi connectivity index (χ4n) is 2.90. The van der Waals surface area contributed by atoms with Gasteiger partial charge in [0, 0.05) is 23.8 Å². The second-order valence-electron chi connectivity index (χ2n) is 6.04. The van der Waals surface area contributed by atoms with Crippen LogP contribution in [-0.2, 0) is 6.54 Å². The van der Waals surface area contributed by atoms with E-state index in [1.54, 1.807) is 19.2 Å². The van der Waals surface area contributed by atoms with Gasteiger partial charge >= 0.3 is 0 Å². The van der Waals surface area contributed by atoms with Gasteiger partial charge < -0.3 is 15.2 Å². The lowest BCUT2D eigenvalue weighted by atomic mass is 10.1. The molecule has 0 saturated heterocycles. The molecule has 1 unspecified atom stereocenters. The van der Waals surface area contributed by atoms with E-state index in [0.717, 1.165) is 22.5 Å². The molecule has 0 fully saturated rings. The highest BCUT2D eigenvalue weighted by Crippen LogP contribution is 2.26. The zero-order chi connectivity index (χ0) is 17.8. The number of para-hydroxylation sites is 1. The summed E-state index contributed by atoms with van der Waals surface area (Å²) in [5, 5.41) is 17.9. The number of benzene rings is 2. The van der Waals surface area contributed by atoms with E-state index in [-0.39, 0.29) is 11.8 Å². The van der Waals surface area contributed by atoms with Gasteiger partial charge in [0.2, 0.25) is 0 Å². The van der Waals surface area contributed by atoms with Crippen molar-refractivity contribution in [2.24, 2.45) is 0 Å². The average molecular weight is 337 g/mol. The highest BCUT2D eigenvalue weighted by atomic mass is 16.5. The molecule has 0 aliphatic heterocycles. The first kappa shape index (κ1) is 17.0. The maximum absolute atomic E-state index is 9.88. The topological polar surface area (TPSA) is 59.3 Å².